The third-order valence-electron chi connectivity index (χ3n) is 4.86. The molecule has 3 nitrogen and oxygen atoms in total. The van der Waals surface area contributed by atoms with E-state index in [9.17, 15) is 0 Å². The number of rotatable bonds is 4. The van der Waals surface area contributed by atoms with Crippen LogP contribution >= 0.6 is 0 Å². The highest BCUT2D eigenvalue weighted by molar-refractivity contribution is 5.68. The van der Waals surface area contributed by atoms with Crippen LogP contribution in [-0.4, -0.2) is 41.4 Å². The van der Waals surface area contributed by atoms with E-state index in [-0.39, 0.29) is 17.9 Å². The Bertz CT molecular complexity index is 584. The second-order valence-electron chi connectivity index (χ2n) is 6.97. The van der Waals surface area contributed by atoms with E-state index in [2.05, 4.69) is 47.7 Å². The molecule has 1 aromatic carbocycles. The summed E-state index contributed by atoms with van der Waals surface area (Å²) in [6.45, 7) is 8.09. The zero-order valence-corrected chi connectivity index (χ0v) is 15.1. The fourth-order valence-electron chi connectivity index (χ4n) is 3.40. The monoisotopic (exact) mass is 334 g/mol. The molecule has 0 amide bonds. The zero-order chi connectivity index (χ0) is 15.6. The summed E-state index contributed by atoms with van der Waals surface area (Å²) in [5.41, 5.74) is 2.99. The lowest BCUT2D eigenvalue weighted by Crippen LogP contribution is -3.00. The lowest BCUT2D eigenvalue weighted by Gasteiger charge is -2.31. The lowest BCUT2D eigenvalue weighted by atomic mass is 9.93. The molecular weight excluding hydrogens is 308 g/mol. The number of benzene rings is 1. The molecule has 0 saturated carbocycles. The molecule has 1 fully saturated rings. The third-order valence-corrected chi connectivity index (χ3v) is 4.86. The van der Waals surface area contributed by atoms with Gasteiger partial charge in [-0.05, 0) is 37.1 Å². The molecule has 2 aliphatic rings. The minimum atomic E-state index is 0. The van der Waals surface area contributed by atoms with Gasteiger partial charge < -0.3 is 22.0 Å². The first-order valence-corrected chi connectivity index (χ1v) is 8.27. The van der Waals surface area contributed by atoms with Crippen LogP contribution < -0.4 is 17.1 Å². The van der Waals surface area contributed by atoms with Crippen molar-refractivity contribution in [3.05, 3.63) is 41.6 Å². The summed E-state index contributed by atoms with van der Waals surface area (Å²) < 4.78 is 7.69. The van der Waals surface area contributed by atoms with Crippen molar-refractivity contribution in [2.75, 3.05) is 20.2 Å². The molecule has 0 bridgehead atoms. The van der Waals surface area contributed by atoms with Gasteiger partial charge in [-0.15, -0.1) is 0 Å². The van der Waals surface area contributed by atoms with Crippen molar-refractivity contribution in [1.29, 1.82) is 0 Å². The molecule has 1 aromatic rings. The molecule has 2 aliphatic heterocycles. The molecule has 1 saturated heterocycles. The first-order chi connectivity index (χ1) is 10.6. The molecule has 126 valence electrons. The maximum absolute atomic E-state index is 5.23. The van der Waals surface area contributed by atoms with Crippen LogP contribution in [0.5, 0.6) is 5.75 Å². The van der Waals surface area contributed by atoms with Gasteiger partial charge >= 0.3 is 0 Å². The first kappa shape index (κ1) is 17.9. The van der Waals surface area contributed by atoms with E-state index >= 15 is 0 Å². The molecular formula is C19H27ClN2O. The first-order valence-electron chi connectivity index (χ1n) is 8.27. The standard InChI is InChI=1S/C19H27N2O.ClH/c1-19(2)14-17(20-11-4-5-12-20)10-13-21(19)15-16-6-8-18(22-3)9-7-16;/h6-10,13H,4-5,11-12,14-15H2,1-3H3;1H/q+1;/p-1. The van der Waals surface area contributed by atoms with Crippen LogP contribution in [0, 0.1) is 0 Å². The van der Waals surface area contributed by atoms with Crippen LogP contribution in [0.25, 0.3) is 0 Å². The number of nitrogens with zero attached hydrogens (tertiary/aromatic N) is 2. The third kappa shape index (κ3) is 4.08. The Labute approximate surface area is 146 Å². The van der Waals surface area contributed by atoms with Gasteiger partial charge in [0.15, 0.2) is 18.3 Å². The average molecular weight is 335 g/mol. The smallest absolute Gasteiger partial charge is 0.168 e. The van der Waals surface area contributed by atoms with Gasteiger partial charge in [-0.25, -0.2) is 4.58 Å². The molecule has 0 atom stereocenters. The molecule has 4 heteroatoms. The number of allylic oxidation sites excluding steroid dienone is 1. The second-order valence-corrected chi connectivity index (χ2v) is 6.97. The number of methoxy groups -OCH3 is 1. The second kappa shape index (κ2) is 7.39. The molecule has 0 spiro atoms. The average Bonchev–Trinajstić information content (AvgIpc) is 3.04. The van der Waals surface area contributed by atoms with Crippen LogP contribution in [0.3, 0.4) is 0 Å². The minimum absolute atomic E-state index is 0. The van der Waals surface area contributed by atoms with E-state index in [0.29, 0.717) is 0 Å². The van der Waals surface area contributed by atoms with Crippen molar-refractivity contribution < 1.29 is 21.7 Å². The Morgan fingerprint density at radius 1 is 1.13 bits per heavy atom. The molecule has 0 aromatic heterocycles. The quantitative estimate of drug-likeness (QED) is 0.743. The SMILES string of the molecule is COc1ccc(C[N+]2=CC=C(N3CCCC3)CC2(C)C)cc1.[Cl-]. The molecule has 3 rings (SSSR count). The highest BCUT2D eigenvalue weighted by Gasteiger charge is 2.35. The Hall–Kier alpha value is -1.48. The van der Waals surface area contributed by atoms with Gasteiger partial charge in [0.1, 0.15) is 5.75 Å². The van der Waals surface area contributed by atoms with Crippen molar-refractivity contribution in [3.63, 3.8) is 0 Å². The number of hydrogen-bond donors (Lipinski definition) is 0. The zero-order valence-electron chi connectivity index (χ0n) is 14.4. The maximum Gasteiger partial charge on any atom is 0.168 e. The fraction of sp³-hybridized carbons (Fsp3) is 0.526. The highest BCUT2D eigenvalue weighted by Crippen LogP contribution is 2.28. The molecule has 0 radical (unpaired) electrons. The summed E-state index contributed by atoms with van der Waals surface area (Å²) in [6, 6.07) is 8.39. The van der Waals surface area contributed by atoms with Gasteiger partial charge in [0.05, 0.1) is 13.5 Å². The van der Waals surface area contributed by atoms with Gasteiger partial charge in [0.25, 0.3) is 0 Å². The van der Waals surface area contributed by atoms with E-state index in [0.717, 1.165) is 18.7 Å². The summed E-state index contributed by atoms with van der Waals surface area (Å²) in [5.74, 6) is 0.918. The van der Waals surface area contributed by atoms with Gasteiger partial charge in [0, 0.05) is 44.3 Å². The van der Waals surface area contributed by atoms with Crippen LogP contribution in [0.4, 0.5) is 0 Å². The van der Waals surface area contributed by atoms with Crippen molar-refractivity contribution in [3.8, 4) is 5.75 Å². The Morgan fingerprint density at radius 2 is 1.78 bits per heavy atom. The van der Waals surface area contributed by atoms with E-state index in [4.69, 9.17) is 4.74 Å². The van der Waals surface area contributed by atoms with E-state index in [1.54, 1.807) is 7.11 Å². The topological polar surface area (TPSA) is 15.5 Å². The predicted molar refractivity (Wildman–Crippen MR) is 90.6 cm³/mol. The van der Waals surface area contributed by atoms with Crippen molar-refractivity contribution in [2.24, 2.45) is 0 Å². The highest BCUT2D eigenvalue weighted by atomic mass is 35.5. The molecule has 23 heavy (non-hydrogen) atoms. The normalized spacial score (nSPS) is 19.7. The molecule has 0 aliphatic carbocycles. The maximum atomic E-state index is 5.23. The lowest BCUT2D eigenvalue weighted by molar-refractivity contribution is -0.612. The van der Waals surface area contributed by atoms with Crippen LogP contribution in [0.2, 0.25) is 0 Å². The van der Waals surface area contributed by atoms with Crippen LogP contribution in [-0.2, 0) is 6.54 Å². The van der Waals surface area contributed by atoms with Gasteiger partial charge in [0.2, 0.25) is 0 Å². The largest absolute Gasteiger partial charge is 1.00 e. The molecule has 2 heterocycles. The van der Waals surface area contributed by atoms with Gasteiger partial charge in [-0.2, -0.15) is 0 Å². The van der Waals surface area contributed by atoms with Crippen molar-refractivity contribution in [2.45, 2.75) is 45.2 Å². The summed E-state index contributed by atoms with van der Waals surface area (Å²) in [5, 5.41) is 0. The number of halogens is 1. The Morgan fingerprint density at radius 3 is 2.35 bits per heavy atom. The summed E-state index contributed by atoms with van der Waals surface area (Å²) in [6.07, 6.45) is 8.40. The Balaban J connectivity index is 0.00000192. The molecule has 0 unspecified atom stereocenters. The fourth-order valence-corrected chi connectivity index (χ4v) is 3.40. The number of ether oxygens (including phenoxy) is 1. The predicted octanol–water partition coefficient (Wildman–Crippen LogP) is 0.445. The minimum Gasteiger partial charge on any atom is -1.00 e. The van der Waals surface area contributed by atoms with Crippen LogP contribution in [0.15, 0.2) is 36.0 Å². The van der Waals surface area contributed by atoms with E-state index < -0.39 is 0 Å². The summed E-state index contributed by atoms with van der Waals surface area (Å²) in [4.78, 5) is 2.56. The Kier molecular flexibility index (Phi) is 5.74. The number of likely N-dealkylation sites (tertiary alicyclic amines) is 1. The van der Waals surface area contributed by atoms with E-state index in [1.807, 2.05) is 12.1 Å². The number of hydrogen-bond acceptors (Lipinski definition) is 2. The van der Waals surface area contributed by atoms with Gasteiger partial charge in [-0.1, -0.05) is 0 Å². The summed E-state index contributed by atoms with van der Waals surface area (Å²) >= 11 is 0. The summed E-state index contributed by atoms with van der Waals surface area (Å²) in [7, 11) is 1.71. The van der Waals surface area contributed by atoms with Crippen molar-refractivity contribution in [1.82, 2.24) is 4.90 Å². The van der Waals surface area contributed by atoms with Crippen LogP contribution in [0.1, 0.15) is 38.7 Å². The van der Waals surface area contributed by atoms with E-state index in [1.165, 1.54) is 37.2 Å². The van der Waals surface area contributed by atoms with Crippen molar-refractivity contribution >= 4 is 6.21 Å². The molecule has 0 N–H and O–H groups in total. The van der Waals surface area contributed by atoms with Gasteiger partial charge in [-0.3, -0.25) is 0 Å².